The van der Waals surface area contributed by atoms with Gasteiger partial charge in [0.1, 0.15) is 30.5 Å². The molecule has 4 N–H and O–H groups in total. The highest BCUT2D eigenvalue weighted by molar-refractivity contribution is 5.69. The fourth-order valence-corrected chi connectivity index (χ4v) is 6.44. The summed E-state index contributed by atoms with van der Waals surface area (Å²) in [6.45, 7) is 4.14. The van der Waals surface area contributed by atoms with E-state index >= 15 is 0 Å². The molecule has 0 amide bonds. The Kier molecular flexibility index (Phi) is 42.1. The Labute approximate surface area is 400 Å². The monoisotopic (exact) mass is 917 g/mol. The number of unbranched alkanes of at least 4 members (excludes halogenated alkanes) is 5. The van der Waals surface area contributed by atoms with Crippen LogP contribution in [0.4, 0.5) is 0 Å². The van der Waals surface area contributed by atoms with Crippen molar-refractivity contribution in [3.05, 3.63) is 146 Å². The summed E-state index contributed by atoms with van der Waals surface area (Å²) in [5.41, 5.74) is 0. The molecule has 1 saturated heterocycles. The lowest BCUT2D eigenvalue weighted by atomic mass is 9.99. The van der Waals surface area contributed by atoms with Crippen molar-refractivity contribution >= 4 is 5.97 Å². The van der Waals surface area contributed by atoms with Crippen molar-refractivity contribution in [2.45, 2.75) is 179 Å². The highest BCUT2D eigenvalue weighted by Crippen LogP contribution is 2.22. The van der Waals surface area contributed by atoms with E-state index in [-0.39, 0.29) is 25.6 Å². The summed E-state index contributed by atoms with van der Waals surface area (Å²) in [4.78, 5) is 12.8. The zero-order chi connectivity index (χ0) is 47.8. The van der Waals surface area contributed by atoms with Gasteiger partial charge in [0.25, 0.3) is 0 Å². The number of hydrogen-bond acceptors (Lipinski definition) is 9. The fraction of sp³-hybridized carbons (Fsp3) is 0.561. The Balaban J connectivity index is 2.31. The number of esters is 1. The molecule has 0 radical (unpaired) electrons. The van der Waals surface area contributed by atoms with Crippen LogP contribution in [0.2, 0.25) is 0 Å². The molecule has 0 aliphatic carbocycles. The minimum atomic E-state index is -1.56. The van der Waals surface area contributed by atoms with Gasteiger partial charge in [-0.25, -0.2) is 0 Å². The minimum absolute atomic E-state index is 0.0897. The van der Waals surface area contributed by atoms with Crippen molar-refractivity contribution in [1.29, 1.82) is 0 Å². The van der Waals surface area contributed by atoms with Crippen LogP contribution >= 0.6 is 0 Å². The van der Waals surface area contributed by atoms with Crippen molar-refractivity contribution in [3.8, 4) is 0 Å². The molecule has 9 heteroatoms. The van der Waals surface area contributed by atoms with Crippen molar-refractivity contribution < 1.29 is 44.2 Å². The van der Waals surface area contributed by atoms with Crippen molar-refractivity contribution in [2.24, 2.45) is 0 Å². The number of carbonyl (C=O) groups excluding carboxylic acids is 1. The molecule has 0 aromatic rings. The van der Waals surface area contributed by atoms with Gasteiger partial charge in [-0.3, -0.25) is 4.79 Å². The van der Waals surface area contributed by atoms with Crippen LogP contribution in [0.5, 0.6) is 0 Å². The number of aliphatic hydroxyl groups excluding tert-OH is 4. The third kappa shape index (κ3) is 36.2. The van der Waals surface area contributed by atoms with Gasteiger partial charge < -0.3 is 39.4 Å². The first-order valence-corrected chi connectivity index (χ1v) is 24.9. The first-order valence-electron chi connectivity index (χ1n) is 24.9. The largest absolute Gasteiger partial charge is 0.457 e. The van der Waals surface area contributed by atoms with Crippen LogP contribution in [0.25, 0.3) is 0 Å². The number of hydrogen-bond donors (Lipinski definition) is 4. The Morgan fingerprint density at radius 1 is 0.485 bits per heavy atom. The number of aliphatic hydroxyl groups is 4. The van der Waals surface area contributed by atoms with Gasteiger partial charge in [-0.05, 0) is 116 Å². The molecule has 6 atom stereocenters. The van der Waals surface area contributed by atoms with E-state index in [4.69, 9.17) is 18.9 Å². The summed E-state index contributed by atoms with van der Waals surface area (Å²) in [6, 6.07) is 0. The lowest BCUT2D eigenvalue weighted by Gasteiger charge is -2.39. The van der Waals surface area contributed by atoms with Gasteiger partial charge in [0.15, 0.2) is 6.29 Å². The first kappa shape index (κ1) is 60.1. The standard InChI is InChI=1S/C57H88O9/c1-3-5-7-9-11-13-15-17-19-21-23-24-25-26-27-28-29-30-32-34-36-38-40-42-44-46-53(59)65-51(50-64-57-56(62)55(61)54(60)52(48-58)66-57)49-63-47-45-43-41-39-37-35-33-31-22-20-18-16-14-12-10-8-6-4-2/h5-8,11-14,17-20,23-24,26-27,29-31,33-34,36-37,39,51-52,54-58,60-62H,3-4,9-10,15-16,21-22,25,28,32,35,38,40-50H2,1-2H3/b7-5-,8-6-,13-11-,14-12-,19-17-,20-18-,24-23-,27-26-,30-29-,33-31-,36-34-,39-37-. The number of ether oxygens (including phenoxy) is 4. The zero-order valence-corrected chi connectivity index (χ0v) is 40.6. The van der Waals surface area contributed by atoms with Crippen LogP contribution in [0, 0.1) is 0 Å². The van der Waals surface area contributed by atoms with Crippen molar-refractivity contribution in [1.82, 2.24) is 0 Å². The molecule has 66 heavy (non-hydrogen) atoms. The number of rotatable bonds is 40. The Hall–Kier alpha value is -3.93. The van der Waals surface area contributed by atoms with Crippen LogP contribution in [-0.4, -0.2) is 89.6 Å². The topological polar surface area (TPSA) is 135 Å². The van der Waals surface area contributed by atoms with E-state index in [2.05, 4.69) is 160 Å². The second kappa shape index (κ2) is 46.2. The average Bonchev–Trinajstić information content (AvgIpc) is 3.32. The Morgan fingerprint density at radius 2 is 0.879 bits per heavy atom. The van der Waals surface area contributed by atoms with Gasteiger partial charge in [-0.15, -0.1) is 0 Å². The molecule has 1 rings (SSSR count). The third-order valence-corrected chi connectivity index (χ3v) is 10.3. The summed E-state index contributed by atoms with van der Waals surface area (Å²) in [5, 5.41) is 40.2. The average molecular weight is 917 g/mol. The van der Waals surface area contributed by atoms with Gasteiger partial charge in [0.2, 0.25) is 0 Å². The molecule has 6 unspecified atom stereocenters. The lowest BCUT2D eigenvalue weighted by molar-refractivity contribution is -0.305. The van der Waals surface area contributed by atoms with E-state index in [9.17, 15) is 25.2 Å². The van der Waals surface area contributed by atoms with Crippen molar-refractivity contribution in [3.63, 3.8) is 0 Å². The smallest absolute Gasteiger partial charge is 0.306 e. The third-order valence-electron chi connectivity index (χ3n) is 10.3. The van der Waals surface area contributed by atoms with Crippen LogP contribution in [0.3, 0.4) is 0 Å². The fourth-order valence-electron chi connectivity index (χ4n) is 6.44. The number of carbonyl (C=O) groups is 1. The second-order valence-electron chi connectivity index (χ2n) is 16.1. The molecular formula is C57H88O9. The Bertz CT molecular complexity index is 1510. The van der Waals surface area contributed by atoms with Crippen molar-refractivity contribution in [2.75, 3.05) is 26.4 Å². The second-order valence-corrected chi connectivity index (χ2v) is 16.1. The minimum Gasteiger partial charge on any atom is -0.457 e. The Morgan fingerprint density at radius 3 is 1.29 bits per heavy atom. The molecule has 0 aromatic carbocycles. The van der Waals surface area contributed by atoms with E-state index < -0.39 is 43.4 Å². The summed E-state index contributed by atoms with van der Waals surface area (Å²) >= 11 is 0. The summed E-state index contributed by atoms with van der Waals surface area (Å²) in [6.07, 6.45) is 63.1. The lowest BCUT2D eigenvalue weighted by Crippen LogP contribution is -2.59. The predicted octanol–water partition coefficient (Wildman–Crippen LogP) is 12.2. The van der Waals surface area contributed by atoms with Gasteiger partial charge in [0.05, 0.1) is 19.8 Å². The summed E-state index contributed by atoms with van der Waals surface area (Å²) in [5.74, 6) is -0.368. The predicted molar refractivity (Wildman–Crippen MR) is 274 cm³/mol. The molecule has 370 valence electrons. The molecule has 9 nitrogen and oxygen atoms in total. The molecule has 0 saturated carbocycles. The molecule has 0 bridgehead atoms. The van der Waals surface area contributed by atoms with Gasteiger partial charge >= 0.3 is 5.97 Å². The van der Waals surface area contributed by atoms with Crippen LogP contribution in [-0.2, 0) is 23.7 Å². The van der Waals surface area contributed by atoms with E-state index in [1.54, 1.807) is 0 Å². The van der Waals surface area contributed by atoms with E-state index in [1.165, 1.54) is 0 Å². The SMILES string of the molecule is CC/C=C\C/C=C\C/C=C\C/C=C\C/C=C\C/C=C\C/C=C\CCCCCC(=O)OC(COCCCC/C=C\C/C=C\C/C=C\C/C=C\C/C=C\CC)COC1OC(CO)C(O)C(O)C1O. The van der Waals surface area contributed by atoms with Gasteiger partial charge in [-0.1, -0.05) is 166 Å². The van der Waals surface area contributed by atoms with Crippen LogP contribution in [0.1, 0.15) is 142 Å². The number of allylic oxidation sites excluding steroid dienone is 24. The van der Waals surface area contributed by atoms with E-state index in [0.29, 0.717) is 13.0 Å². The molecular weight excluding hydrogens is 829 g/mol. The molecule has 1 heterocycles. The van der Waals surface area contributed by atoms with Gasteiger partial charge in [0, 0.05) is 13.0 Å². The molecule has 1 aliphatic heterocycles. The maximum atomic E-state index is 12.8. The molecule has 1 fully saturated rings. The van der Waals surface area contributed by atoms with E-state index in [1.807, 2.05) is 0 Å². The van der Waals surface area contributed by atoms with Crippen LogP contribution in [0.15, 0.2) is 146 Å². The maximum absolute atomic E-state index is 12.8. The quantitative estimate of drug-likeness (QED) is 0.0269. The molecule has 1 aliphatic rings. The van der Waals surface area contributed by atoms with E-state index in [0.717, 1.165) is 116 Å². The normalized spacial score (nSPS) is 20.6. The molecule has 0 aromatic heterocycles. The highest BCUT2D eigenvalue weighted by atomic mass is 16.7. The van der Waals surface area contributed by atoms with Gasteiger partial charge in [-0.2, -0.15) is 0 Å². The zero-order valence-electron chi connectivity index (χ0n) is 40.6. The molecule has 0 spiro atoms. The summed E-state index contributed by atoms with van der Waals surface area (Å²) in [7, 11) is 0. The van der Waals surface area contributed by atoms with Crippen LogP contribution < -0.4 is 0 Å². The first-order chi connectivity index (χ1) is 32.4. The maximum Gasteiger partial charge on any atom is 0.306 e. The summed E-state index contributed by atoms with van der Waals surface area (Å²) < 4.78 is 22.8. The highest BCUT2D eigenvalue weighted by Gasteiger charge is 2.44.